The second-order valence-electron chi connectivity index (χ2n) is 5.00. The van der Waals surface area contributed by atoms with Gasteiger partial charge in [0.1, 0.15) is 12.4 Å². The highest BCUT2D eigenvalue weighted by Crippen LogP contribution is 2.19. The van der Waals surface area contributed by atoms with Gasteiger partial charge >= 0.3 is 0 Å². The molecule has 1 aromatic heterocycles. The van der Waals surface area contributed by atoms with Crippen LogP contribution in [0.25, 0.3) is 0 Å². The first kappa shape index (κ1) is 14.0. The van der Waals surface area contributed by atoms with E-state index in [1.807, 2.05) is 35.2 Å². The zero-order valence-corrected chi connectivity index (χ0v) is 12.5. The maximum atomic E-state index is 12.5. The fraction of sp³-hybridized carbons (Fsp3) is 0.400. The molecule has 21 heavy (non-hydrogen) atoms. The summed E-state index contributed by atoms with van der Waals surface area (Å²) in [6.45, 7) is 1.96. The Balaban J connectivity index is 1.67. The number of piperidine rings is 1. The second kappa shape index (κ2) is 6.67. The molecule has 0 radical (unpaired) electrons. The summed E-state index contributed by atoms with van der Waals surface area (Å²) in [6.07, 6.45) is 3.33. The van der Waals surface area contributed by atoms with Gasteiger partial charge in [-0.1, -0.05) is 22.7 Å². The summed E-state index contributed by atoms with van der Waals surface area (Å²) in [6, 6.07) is 9.55. The predicted octanol–water partition coefficient (Wildman–Crippen LogP) is 2.74. The van der Waals surface area contributed by atoms with E-state index in [0.29, 0.717) is 12.3 Å². The number of hydrogen-bond donors (Lipinski definition) is 0. The van der Waals surface area contributed by atoms with Crippen molar-refractivity contribution in [1.29, 1.82) is 0 Å². The number of carbonyl (C=O) groups excluding carboxylic acids is 1. The molecule has 0 aliphatic carbocycles. The van der Waals surface area contributed by atoms with E-state index in [4.69, 9.17) is 4.74 Å². The van der Waals surface area contributed by atoms with Crippen LogP contribution >= 0.6 is 11.5 Å². The van der Waals surface area contributed by atoms with Gasteiger partial charge in [0.15, 0.2) is 5.69 Å². The van der Waals surface area contributed by atoms with Crippen LogP contribution in [0.5, 0.6) is 5.75 Å². The van der Waals surface area contributed by atoms with E-state index in [-0.39, 0.29) is 5.91 Å². The maximum absolute atomic E-state index is 12.5. The molecule has 0 unspecified atom stereocenters. The van der Waals surface area contributed by atoms with E-state index in [0.717, 1.165) is 36.6 Å². The smallest absolute Gasteiger partial charge is 0.275 e. The summed E-state index contributed by atoms with van der Waals surface area (Å²) in [7, 11) is 0. The Morgan fingerprint density at radius 3 is 2.71 bits per heavy atom. The lowest BCUT2D eigenvalue weighted by Gasteiger charge is -2.26. The fourth-order valence-corrected chi connectivity index (χ4v) is 2.93. The van der Waals surface area contributed by atoms with Gasteiger partial charge in [-0.2, -0.15) is 0 Å². The normalized spacial score (nSPS) is 15.0. The molecule has 0 bridgehead atoms. The third-order valence-corrected chi connectivity index (χ3v) is 4.21. The van der Waals surface area contributed by atoms with Crippen LogP contribution in [-0.4, -0.2) is 33.5 Å². The van der Waals surface area contributed by atoms with Crippen LogP contribution in [0.15, 0.2) is 30.3 Å². The quantitative estimate of drug-likeness (QED) is 0.871. The van der Waals surface area contributed by atoms with Gasteiger partial charge in [0.05, 0.1) is 4.88 Å². The summed E-state index contributed by atoms with van der Waals surface area (Å²) < 4.78 is 9.60. The highest BCUT2D eigenvalue weighted by atomic mass is 32.1. The number of amides is 1. The number of carbonyl (C=O) groups is 1. The Morgan fingerprint density at radius 1 is 1.19 bits per heavy atom. The highest BCUT2D eigenvalue weighted by Gasteiger charge is 2.24. The van der Waals surface area contributed by atoms with Crippen LogP contribution in [0.4, 0.5) is 0 Å². The zero-order valence-electron chi connectivity index (χ0n) is 11.7. The first-order valence-corrected chi connectivity index (χ1v) is 7.90. The van der Waals surface area contributed by atoms with E-state index < -0.39 is 0 Å². The van der Waals surface area contributed by atoms with Gasteiger partial charge < -0.3 is 9.64 Å². The van der Waals surface area contributed by atoms with E-state index >= 15 is 0 Å². The molecule has 1 aromatic carbocycles. The molecule has 0 atom stereocenters. The van der Waals surface area contributed by atoms with Crippen LogP contribution in [0.1, 0.15) is 34.6 Å². The Morgan fingerprint density at radius 2 is 1.95 bits per heavy atom. The maximum Gasteiger partial charge on any atom is 0.275 e. The molecule has 0 spiro atoms. The Labute approximate surface area is 127 Å². The molecule has 2 heterocycles. The number of hydrogen-bond acceptors (Lipinski definition) is 5. The Hall–Kier alpha value is -1.95. The number of aromatic nitrogens is 2. The van der Waals surface area contributed by atoms with Crippen LogP contribution in [0.2, 0.25) is 0 Å². The molecule has 3 rings (SSSR count). The molecule has 6 heteroatoms. The summed E-state index contributed by atoms with van der Waals surface area (Å²) in [4.78, 5) is 15.1. The third-order valence-electron chi connectivity index (χ3n) is 3.51. The molecular formula is C15H17N3O2S. The minimum Gasteiger partial charge on any atom is -0.488 e. The lowest BCUT2D eigenvalue weighted by Crippen LogP contribution is -2.36. The topological polar surface area (TPSA) is 55.3 Å². The van der Waals surface area contributed by atoms with Gasteiger partial charge in [-0.25, -0.2) is 0 Å². The summed E-state index contributed by atoms with van der Waals surface area (Å²) in [5.41, 5.74) is 0.442. The lowest BCUT2D eigenvalue weighted by molar-refractivity contribution is 0.0715. The van der Waals surface area contributed by atoms with Crippen molar-refractivity contribution in [2.75, 3.05) is 13.1 Å². The number of nitrogens with zero attached hydrogens (tertiary/aromatic N) is 3. The first-order valence-electron chi connectivity index (χ1n) is 7.13. The van der Waals surface area contributed by atoms with Crippen molar-refractivity contribution in [1.82, 2.24) is 14.5 Å². The largest absolute Gasteiger partial charge is 0.488 e. The fourth-order valence-electron chi connectivity index (χ4n) is 2.38. The van der Waals surface area contributed by atoms with Crippen molar-refractivity contribution in [2.45, 2.75) is 25.9 Å². The Kier molecular flexibility index (Phi) is 4.45. The second-order valence-corrected chi connectivity index (χ2v) is 5.84. The average molecular weight is 303 g/mol. The van der Waals surface area contributed by atoms with Crippen molar-refractivity contribution in [3.05, 3.63) is 40.9 Å². The van der Waals surface area contributed by atoms with Crippen LogP contribution in [0, 0.1) is 0 Å². The summed E-state index contributed by atoms with van der Waals surface area (Å²) in [5.74, 6) is 0.761. The molecule has 2 aromatic rings. The number of rotatable bonds is 4. The van der Waals surface area contributed by atoms with E-state index in [2.05, 4.69) is 9.59 Å². The minimum atomic E-state index is -0.0184. The summed E-state index contributed by atoms with van der Waals surface area (Å²) >= 11 is 1.23. The van der Waals surface area contributed by atoms with Gasteiger partial charge in [-0.3, -0.25) is 4.79 Å². The molecular weight excluding hydrogens is 286 g/mol. The van der Waals surface area contributed by atoms with Gasteiger partial charge in [-0.05, 0) is 42.9 Å². The van der Waals surface area contributed by atoms with Crippen LogP contribution in [-0.2, 0) is 6.61 Å². The van der Waals surface area contributed by atoms with Crippen LogP contribution < -0.4 is 4.74 Å². The summed E-state index contributed by atoms with van der Waals surface area (Å²) in [5, 5.41) is 4.00. The Bertz CT molecular complexity index is 594. The van der Waals surface area contributed by atoms with Crippen molar-refractivity contribution >= 4 is 17.4 Å². The molecule has 1 saturated heterocycles. The highest BCUT2D eigenvalue weighted by molar-refractivity contribution is 7.05. The lowest BCUT2D eigenvalue weighted by atomic mass is 10.1. The molecule has 1 aliphatic rings. The number of likely N-dealkylation sites (tertiary alicyclic amines) is 1. The van der Waals surface area contributed by atoms with Crippen LogP contribution in [0.3, 0.4) is 0 Å². The molecule has 1 amide bonds. The van der Waals surface area contributed by atoms with E-state index in [1.165, 1.54) is 18.0 Å². The zero-order chi connectivity index (χ0) is 14.5. The predicted molar refractivity (Wildman–Crippen MR) is 80.4 cm³/mol. The molecule has 0 saturated carbocycles. The molecule has 5 nitrogen and oxygen atoms in total. The molecule has 110 valence electrons. The van der Waals surface area contributed by atoms with Gasteiger partial charge in [-0.15, -0.1) is 5.10 Å². The number of para-hydroxylation sites is 1. The average Bonchev–Trinajstić information content (AvgIpc) is 3.02. The van der Waals surface area contributed by atoms with E-state index in [9.17, 15) is 4.79 Å². The van der Waals surface area contributed by atoms with Gasteiger partial charge in [0.25, 0.3) is 5.91 Å². The first-order chi connectivity index (χ1) is 10.3. The molecule has 1 aliphatic heterocycles. The number of benzene rings is 1. The minimum absolute atomic E-state index is 0.0184. The monoisotopic (exact) mass is 303 g/mol. The van der Waals surface area contributed by atoms with Crippen molar-refractivity contribution in [3.8, 4) is 5.75 Å². The van der Waals surface area contributed by atoms with Crippen molar-refractivity contribution < 1.29 is 9.53 Å². The molecule has 0 N–H and O–H groups in total. The van der Waals surface area contributed by atoms with Crippen molar-refractivity contribution in [2.24, 2.45) is 0 Å². The molecule has 1 fully saturated rings. The van der Waals surface area contributed by atoms with E-state index in [1.54, 1.807) is 0 Å². The third kappa shape index (κ3) is 3.39. The standard InChI is InChI=1S/C15H17N3O2S/c19-15(18-9-5-2-6-10-18)14-13(21-17-16-14)11-20-12-7-3-1-4-8-12/h1,3-4,7-8H,2,5-6,9-11H2. The van der Waals surface area contributed by atoms with Gasteiger partial charge in [0, 0.05) is 13.1 Å². The van der Waals surface area contributed by atoms with Crippen molar-refractivity contribution in [3.63, 3.8) is 0 Å². The number of ether oxygens (including phenoxy) is 1. The SMILES string of the molecule is O=C(c1nnsc1COc1ccccc1)N1CCCCC1. The van der Waals surface area contributed by atoms with Gasteiger partial charge in [0.2, 0.25) is 0 Å².